The molecule has 150 valence electrons. The fraction of sp³-hybridized carbons (Fsp3) is 0.316. The van der Waals surface area contributed by atoms with Crippen molar-refractivity contribution in [1.82, 2.24) is 10.6 Å². The van der Waals surface area contributed by atoms with Gasteiger partial charge in [0.25, 0.3) is 15.9 Å². The van der Waals surface area contributed by atoms with Gasteiger partial charge >= 0.3 is 0 Å². The molecular weight excluding hydrogens is 444 g/mol. The number of nitrogens with one attached hydrogen (secondary N) is 3. The Labute approximate surface area is 173 Å². The fourth-order valence-corrected chi connectivity index (χ4v) is 4.36. The predicted molar refractivity (Wildman–Crippen MR) is 114 cm³/mol. The molecule has 1 fully saturated rings. The number of carbonyl (C=O) groups excluding carboxylic acids is 1. The third-order valence-corrected chi connectivity index (χ3v) is 6.34. The number of hydrogen-bond acceptors (Lipinski definition) is 5. The van der Waals surface area contributed by atoms with E-state index in [1.54, 1.807) is 30.3 Å². The van der Waals surface area contributed by atoms with Crippen LogP contribution in [0, 0.1) is 0 Å². The normalized spacial score (nSPS) is 14.6. The molecular formula is C19H23BrN4O3S. The summed E-state index contributed by atoms with van der Waals surface area (Å²) in [5, 5.41) is 6.09. The molecule has 0 radical (unpaired) electrons. The molecule has 0 unspecified atom stereocenters. The summed E-state index contributed by atoms with van der Waals surface area (Å²) in [5.41, 5.74) is 1.61. The van der Waals surface area contributed by atoms with Gasteiger partial charge in [-0.15, -0.1) is 0 Å². The Morgan fingerprint density at radius 1 is 1.14 bits per heavy atom. The second-order valence-corrected chi connectivity index (χ2v) is 8.99. The maximum atomic E-state index is 12.7. The smallest absolute Gasteiger partial charge is 0.261 e. The van der Waals surface area contributed by atoms with E-state index in [0.717, 1.165) is 36.3 Å². The summed E-state index contributed by atoms with van der Waals surface area (Å²) in [6.07, 6.45) is 0. The maximum absolute atomic E-state index is 12.7. The molecule has 1 amide bonds. The van der Waals surface area contributed by atoms with Gasteiger partial charge < -0.3 is 15.5 Å². The predicted octanol–water partition coefficient (Wildman–Crippen LogP) is 2.41. The van der Waals surface area contributed by atoms with E-state index in [-0.39, 0.29) is 10.8 Å². The van der Waals surface area contributed by atoms with Crippen LogP contribution < -0.4 is 20.3 Å². The average molecular weight is 467 g/mol. The Hall–Kier alpha value is -2.10. The van der Waals surface area contributed by atoms with Crippen molar-refractivity contribution in [2.24, 2.45) is 0 Å². The second-order valence-electron chi connectivity index (χ2n) is 6.39. The number of nitrogens with zero attached hydrogens (tertiary/aromatic N) is 1. The molecule has 3 N–H and O–H groups in total. The van der Waals surface area contributed by atoms with Gasteiger partial charge in [-0.2, -0.15) is 0 Å². The summed E-state index contributed by atoms with van der Waals surface area (Å²) in [6, 6.07) is 11.5. The van der Waals surface area contributed by atoms with Gasteiger partial charge in [0.2, 0.25) is 0 Å². The lowest BCUT2D eigenvalue weighted by atomic mass is 10.1. The zero-order chi connectivity index (χ0) is 20.1. The lowest BCUT2D eigenvalue weighted by Gasteiger charge is -2.31. The van der Waals surface area contributed by atoms with Gasteiger partial charge in [-0.05, 0) is 49.4 Å². The van der Waals surface area contributed by atoms with Crippen molar-refractivity contribution in [1.29, 1.82) is 0 Å². The minimum atomic E-state index is -3.75. The van der Waals surface area contributed by atoms with Crippen LogP contribution in [0.1, 0.15) is 17.3 Å². The molecule has 0 atom stereocenters. The number of halogens is 1. The summed E-state index contributed by atoms with van der Waals surface area (Å²) in [5.74, 6) is -0.222. The van der Waals surface area contributed by atoms with Crippen LogP contribution in [0.5, 0.6) is 0 Å². The SMILES string of the molecule is CCNC(=O)c1cc(NS(=O)(=O)c2ccc(Br)cc2)ccc1N1CCNCC1. The lowest BCUT2D eigenvalue weighted by Crippen LogP contribution is -2.44. The zero-order valence-electron chi connectivity index (χ0n) is 15.5. The average Bonchev–Trinajstić information content (AvgIpc) is 2.69. The second kappa shape index (κ2) is 8.93. The van der Waals surface area contributed by atoms with Crippen LogP contribution in [0.2, 0.25) is 0 Å². The number of amides is 1. The Bertz CT molecular complexity index is 942. The van der Waals surface area contributed by atoms with Crippen molar-refractivity contribution in [2.75, 3.05) is 42.3 Å². The number of rotatable bonds is 6. The molecule has 2 aromatic rings. The largest absolute Gasteiger partial charge is 0.368 e. The van der Waals surface area contributed by atoms with Crippen LogP contribution in [-0.4, -0.2) is 47.0 Å². The Morgan fingerprint density at radius 2 is 1.82 bits per heavy atom. The van der Waals surface area contributed by atoms with E-state index >= 15 is 0 Å². The maximum Gasteiger partial charge on any atom is 0.261 e. The number of carbonyl (C=O) groups is 1. The summed E-state index contributed by atoms with van der Waals surface area (Å²) in [7, 11) is -3.75. The minimum Gasteiger partial charge on any atom is -0.368 e. The third kappa shape index (κ3) is 4.84. The minimum absolute atomic E-state index is 0.154. The van der Waals surface area contributed by atoms with E-state index in [0.29, 0.717) is 17.8 Å². The quantitative estimate of drug-likeness (QED) is 0.607. The highest BCUT2D eigenvalue weighted by Gasteiger charge is 2.20. The molecule has 1 heterocycles. The van der Waals surface area contributed by atoms with Gasteiger partial charge in [-0.3, -0.25) is 9.52 Å². The van der Waals surface area contributed by atoms with Gasteiger partial charge in [-0.25, -0.2) is 8.42 Å². The molecule has 1 aliphatic rings. The fourth-order valence-electron chi connectivity index (χ4n) is 3.05. The van der Waals surface area contributed by atoms with Crippen LogP contribution in [0.25, 0.3) is 0 Å². The summed E-state index contributed by atoms with van der Waals surface area (Å²) in [6.45, 7) is 5.60. The lowest BCUT2D eigenvalue weighted by molar-refractivity contribution is 0.0956. The van der Waals surface area contributed by atoms with Crippen molar-refractivity contribution in [3.63, 3.8) is 0 Å². The first kappa shape index (κ1) is 20.6. The first-order chi connectivity index (χ1) is 13.4. The number of anilines is 2. The number of benzene rings is 2. The number of piperazine rings is 1. The van der Waals surface area contributed by atoms with Crippen LogP contribution >= 0.6 is 15.9 Å². The van der Waals surface area contributed by atoms with Gasteiger partial charge in [0.05, 0.1) is 10.5 Å². The zero-order valence-corrected chi connectivity index (χ0v) is 17.9. The molecule has 1 aliphatic heterocycles. The van der Waals surface area contributed by atoms with E-state index in [4.69, 9.17) is 0 Å². The molecule has 0 aromatic heterocycles. The molecule has 7 nitrogen and oxygen atoms in total. The standard InChI is InChI=1S/C19H23BrN4O3S/c1-2-22-19(25)17-13-15(5-8-18(17)24-11-9-21-10-12-24)23-28(26,27)16-6-3-14(20)4-7-16/h3-8,13,21,23H,2,9-12H2,1H3,(H,22,25). The van der Waals surface area contributed by atoms with E-state index in [1.807, 2.05) is 6.92 Å². The molecule has 2 aromatic carbocycles. The summed E-state index contributed by atoms with van der Waals surface area (Å²) < 4.78 is 28.7. The van der Waals surface area contributed by atoms with Crippen molar-refractivity contribution in [2.45, 2.75) is 11.8 Å². The highest BCUT2D eigenvalue weighted by molar-refractivity contribution is 9.10. The van der Waals surface area contributed by atoms with Crippen molar-refractivity contribution in [3.8, 4) is 0 Å². The first-order valence-electron chi connectivity index (χ1n) is 9.07. The van der Waals surface area contributed by atoms with E-state index in [1.165, 1.54) is 12.1 Å². The molecule has 0 saturated carbocycles. The molecule has 0 aliphatic carbocycles. The highest BCUT2D eigenvalue weighted by atomic mass is 79.9. The molecule has 0 spiro atoms. The van der Waals surface area contributed by atoms with E-state index < -0.39 is 10.0 Å². The van der Waals surface area contributed by atoms with Crippen molar-refractivity contribution in [3.05, 3.63) is 52.5 Å². The summed E-state index contributed by atoms with van der Waals surface area (Å²) >= 11 is 3.30. The van der Waals surface area contributed by atoms with E-state index in [9.17, 15) is 13.2 Å². The molecule has 3 rings (SSSR count). The molecule has 0 bridgehead atoms. The van der Waals surface area contributed by atoms with Crippen molar-refractivity contribution >= 4 is 43.2 Å². The molecule has 9 heteroatoms. The van der Waals surface area contributed by atoms with Crippen LogP contribution in [0.4, 0.5) is 11.4 Å². The first-order valence-corrected chi connectivity index (χ1v) is 11.3. The number of hydrogen-bond donors (Lipinski definition) is 3. The monoisotopic (exact) mass is 466 g/mol. The Balaban J connectivity index is 1.92. The van der Waals surface area contributed by atoms with Crippen molar-refractivity contribution < 1.29 is 13.2 Å². The van der Waals surface area contributed by atoms with Gasteiger partial charge in [0, 0.05) is 48.6 Å². The number of sulfonamides is 1. The Morgan fingerprint density at radius 3 is 2.46 bits per heavy atom. The van der Waals surface area contributed by atoms with E-state index in [2.05, 4.69) is 36.2 Å². The van der Waals surface area contributed by atoms with Crippen LogP contribution in [-0.2, 0) is 10.0 Å². The van der Waals surface area contributed by atoms with Gasteiger partial charge in [0.1, 0.15) is 0 Å². The Kier molecular flexibility index (Phi) is 6.58. The van der Waals surface area contributed by atoms with Crippen LogP contribution in [0.15, 0.2) is 51.8 Å². The van der Waals surface area contributed by atoms with Gasteiger partial charge in [-0.1, -0.05) is 15.9 Å². The topological polar surface area (TPSA) is 90.5 Å². The molecule has 28 heavy (non-hydrogen) atoms. The van der Waals surface area contributed by atoms with Crippen LogP contribution in [0.3, 0.4) is 0 Å². The highest BCUT2D eigenvalue weighted by Crippen LogP contribution is 2.27. The third-order valence-electron chi connectivity index (χ3n) is 4.41. The summed E-state index contributed by atoms with van der Waals surface area (Å²) in [4.78, 5) is 14.9. The van der Waals surface area contributed by atoms with Gasteiger partial charge in [0.15, 0.2) is 0 Å². The molecule has 1 saturated heterocycles.